The third-order valence-electron chi connectivity index (χ3n) is 7.44. The van der Waals surface area contributed by atoms with Gasteiger partial charge in [-0.15, -0.1) is 12.4 Å². The molecule has 1 aromatic carbocycles. The summed E-state index contributed by atoms with van der Waals surface area (Å²) in [6, 6.07) is 2.81. The van der Waals surface area contributed by atoms with Gasteiger partial charge in [-0.2, -0.15) is 0 Å². The van der Waals surface area contributed by atoms with Crippen LogP contribution in [0.15, 0.2) is 12.1 Å². The van der Waals surface area contributed by atoms with Crippen LogP contribution in [0.25, 0.3) is 0 Å². The van der Waals surface area contributed by atoms with Gasteiger partial charge in [-0.1, -0.05) is 25.4 Å². The lowest BCUT2D eigenvalue weighted by Gasteiger charge is -2.46. The van der Waals surface area contributed by atoms with E-state index >= 15 is 0 Å². The zero-order chi connectivity index (χ0) is 31.1. The Hall–Kier alpha value is -1.57. The first-order chi connectivity index (χ1) is 20.0. The second kappa shape index (κ2) is 17.2. The zero-order valence-corrected chi connectivity index (χ0v) is 25.6. The molecule has 2 fully saturated rings. The van der Waals surface area contributed by atoms with Crippen molar-refractivity contribution in [1.29, 1.82) is 0 Å². The molecule has 17 heteroatoms. The number of hydrogen-bond donors (Lipinski definition) is 9. The zero-order valence-electron chi connectivity index (χ0n) is 24.1. The van der Waals surface area contributed by atoms with Crippen LogP contribution in [0.1, 0.15) is 24.2 Å². The molecule has 1 unspecified atom stereocenters. The minimum Gasteiger partial charge on any atom is -0.496 e. The number of likely N-dealkylation sites (N-methyl/N-ethyl adjacent to an activating group) is 1. The van der Waals surface area contributed by atoms with E-state index in [1.807, 2.05) is 13.8 Å². The van der Waals surface area contributed by atoms with E-state index in [4.69, 9.17) is 30.5 Å². The van der Waals surface area contributed by atoms with E-state index in [0.717, 1.165) is 13.1 Å². The molecule has 2 saturated heterocycles. The van der Waals surface area contributed by atoms with E-state index in [0.29, 0.717) is 13.1 Å². The quantitative estimate of drug-likeness (QED) is 0.110. The van der Waals surface area contributed by atoms with Crippen molar-refractivity contribution in [3.8, 4) is 5.75 Å². The number of aliphatic hydroxyl groups excluding tert-OH is 7. The van der Waals surface area contributed by atoms with Crippen molar-refractivity contribution in [1.82, 2.24) is 10.2 Å². The number of nitrogens with one attached hydrogen (secondary N) is 2. The molecule has 3 rings (SSSR count). The van der Waals surface area contributed by atoms with E-state index in [9.17, 15) is 40.5 Å². The molecule has 1 aromatic rings. The highest BCUT2D eigenvalue weighted by atomic mass is 35.5. The first-order valence-corrected chi connectivity index (χ1v) is 14.1. The Labute approximate surface area is 260 Å². The molecule has 0 spiro atoms. The summed E-state index contributed by atoms with van der Waals surface area (Å²) in [5.41, 5.74) is 0.369. The van der Waals surface area contributed by atoms with Crippen LogP contribution in [0.2, 0.25) is 5.02 Å². The molecular formula is C26H43Cl2N3O12. The van der Waals surface area contributed by atoms with Crippen LogP contribution in [0.5, 0.6) is 5.75 Å². The Balaban J connectivity index is 0.00000645. The summed E-state index contributed by atoms with van der Waals surface area (Å²) in [7, 11) is 1.37. The molecule has 0 radical (unpaired) electrons. The van der Waals surface area contributed by atoms with Crippen molar-refractivity contribution in [3.63, 3.8) is 0 Å². The van der Waals surface area contributed by atoms with E-state index in [2.05, 4.69) is 15.5 Å². The van der Waals surface area contributed by atoms with Gasteiger partial charge in [0.2, 0.25) is 0 Å². The lowest BCUT2D eigenvalue weighted by Crippen LogP contribution is -2.65. The van der Waals surface area contributed by atoms with Gasteiger partial charge >= 0.3 is 0 Å². The highest BCUT2D eigenvalue weighted by Crippen LogP contribution is 2.34. The summed E-state index contributed by atoms with van der Waals surface area (Å²) < 4.78 is 22.0. The molecular weight excluding hydrogens is 617 g/mol. The fraction of sp³-hybridized carbons (Fsp3) is 0.731. The van der Waals surface area contributed by atoms with E-state index in [1.165, 1.54) is 19.2 Å². The molecule has 2 aliphatic rings. The van der Waals surface area contributed by atoms with E-state index in [-0.39, 0.29) is 34.4 Å². The van der Waals surface area contributed by atoms with Crippen LogP contribution >= 0.6 is 24.0 Å². The lowest BCUT2D eigenvalue weighted by molar-refractivity contribution is -0.340. The SMILES string of the molecule is CCN(CC)CCNC(=O)c1cc(Cl)c(NC2O[C@H](CO)[C@@H](O[C@@H]3O[C@H](CO)[C@H](O)[C@H](O)[C@H]3O)[C@H](O)[C@H]2O)cc1OC.Cl. The van der Waals surface area contributed by atoms with Crippen LogP contribution in [0, 0.1) is 0 Å². The molecule has 2 aliphatic heterocycles. The molecule has 0 bridgehead atoms. The molecule has 43 heavy (non-hydrogen) atoms. The number of amides is 1. The van der Waals surface area contributed by atoms with Gasteiger partial charge in [0.1, 0.15) is 54.6 Å². The number of rotatable bonds is 13. The normalized spacial score (nSPS) is 32.7. The van der Waals surface area contributed by atoms with Gasteiger partial charge in [0.15, 0.2) is 12.5 Å². The molecule has 248 valence electrons. The average molecular weight is 661 g/mol. The Kier molecular flexibility index (Phi) is 15.1. The predicted molar refractivity (Wildman–Crippen MR) is 155 cm³/mol. The molecule has 0 saturated carbocycles. The first kappa shape index (κ1) is 37.6. The fourth-order valence-corrected chi connectivity index (χ4v) is 5.05. The summed E-state index contributed by atoms with van der Waals surface area (Å²) in [6.07, 6.45) is -15.5. The molecule has 9 N–H and O–H groups in total. The number of ether oxygens (including phenoxy) is 4. The molecule has 0 aliphatic carbocycles. The third kappa shape index (κ3) is 8.79. The van der Waals surface area contributed by atoms with Gasteiger partial charge in [-0.25, -0.2) is 0 Å². The highest BCUT2D eigenvalue weighted by molar-refractivity contribution is 6.33. The Morgan fingerprint density at radius 3 is 2.19 bits per heavy atom. The molecule has 10 atom stereocenters. The summed E-state index contributed by atoms with van der Waals surface area (Å²) in [5.74, 6) is -0.221. The maximum atomic E-state index is 12.8. The van der Waals surface area contributed by atoms with Crippen molar-refractivity contribution >= 4 is 35.6 Å². The minimum absolute atomic E-state index is 0. The fourth-order valence-electron chi connectivity index (χ4n) is 4.83. The van der Waals surface area contributed by atoms with Gasteiger partial charge in [0.25, 0.3) is 5.91 Å². The summed E-state index contributed by atoms with van der Waals surface area (Å²) in [4.78, 5) is 15.0. The van der Waals surface area contributed by atoms with Gasteiger partial charge in [-0.3, -0.25) is 4.79 Å². The van der Waals surface area contributed by atoms with Gasteiger partial charge in [-0.05, 0) is 19.2 Å². The molecule has 15 nitrogen and oxygen atoms in total. The number of carbonyl (C=O) groups is 1. The minimum atomic E-state index is -1.78. The topological polar surface area (TPSA) is 223 Å². The molecule has 1 amide bonds. The second-order valence-corrected chi connectivity index (χ2v) is 10.4. The van der Waals surface area contributed by atoms with E-state index in [1.54, 1.807) is 0 Å². The monoisotopic (exact) mass is 659 g/mol. The number of carbonyl (C=O) groups excluding carboxylic acids is 1. The van der Waals surface area contributed by atoms with Gasteiger partial charge < -0.3 is 70.2 Å². The van der Waals surface area contributed by atoms with Crippen molar-refractivity contribution in [2.75, 3.05) is 51.8 Å². The number of aliphatic hydroxyl groups is 7. The van der Waals surface area contributed by atoms with Crippen molar-refractivity contribution in [2.45, 2.75) is 75.2 Å². The number of benzene rings is 1. The van der Waals surface area contributed by atoms with E-state index < -0.39 is 80.5 Å². The lowest BCUT2D eigenvalue weighted by atomic mass is 9.96. The number of methoxy groups -OCH3 is 1. The maximum Gasteiger partial charge on any atom is 0.255 e. The standard InChI is InChI=1S/C26H42ClN3O12.ClH/c1-4-30(5-2)7-6-28-24(38)12-8-13(27)14(9-15(12)39-3)29-25-21(36)20(35)23(17(11-32)40-25)42-26-22(37)19(34)18(33)16(10-31)41-26;/h8-9,16-23,25-26,29,31-37H,4-7,10-11H2,1-3H3,(H,28,38);1H/t16-,17-,18+,19+,20-,21-,22-,23-,25?,26+;/m1./s1. The number of halogens is 2. The van der Waals surface area contributed by atoms with Gasteiger partial charge in [0.05, 0.1) is 36.6 Å². The van der Waals surface area contributed by atoms with Crippen molar-refractivity contribution in [2.24, 2.45) is 0 Å². The molecule has 2 heterocycles. The van der Waals surface area contributed by atoms with Crippen LogP contribution in [-0.4, -0.2) is 154 Å². The Bertz CT molecular complexity index is 1020. The van der Waals surface area contributed by atoms with Crippen molar-refractivity contribution < 1.29 is 59.5 Å². The second-order valence-electron chi connectivity index (χ2n) is 10.0. The number of nitrogens with zero attached hydrogens (tertiary/aromatic N) is 1. The summed E-state index contributed by atoms with van der Waals surface area (Å²) in [6.45, 7) is 5.44. The highest BCUT2D eigenvalue weighted by Gasteiger charge is 2.50. The van der Waals surface area contributed by atoms with Crippen LogP contribution in [-0.2, 0) is 14.2 Å². The number of hydrogen-bond acceptors (Lipinski definition) is 14. The maximum absolute atomic E-state index is 12.8. The van der Waals surface area contributed by atoms with Crippen molar-refractivity contribution in [3.05, 3.63) is 22.7 Å². The number of anilines is 1. The predicted octanol–water partition coefficient (Wildman–Crippen LogP) is -2.12. The smallest absolute Gasteiger partial charge is 0.255 e. The van der Waals surface area contributed by atoms with Crippen LogP contribution in [0.3, 0.4) is 0 Å². The third-order valence-corrected chi connectivity index (χ3v) is 7.76. The van der Waals surface area contributed by atoms with Crippen LogP contribution in [0.4, 0.5) is 5.69 Å². The Morgan fingerprint density at radius 1 is 0.953 bits per heavy atom. The largest absolute Gasteiger partial charge is 0.496 e. The average Bonchev–Trinajstić information content (AvgIpc) is 2.99. The summed E-state index contributed by atoms with van der Waals surface area (Å²) in [5, 5.41) is 77.1. The summed E-state index contributed by atoms with van der Waals surface area (Å²) >= 11 is 6.44. The Morgan fingerprint density at radius 2 is 1.60 bits per heavy atom. The van der Waals surface area contributed by atoms with Crippen LogP contribution < -0.4 is 15.4 Å². The first-order valence-electron chi connectivity index (χ1n) is 13.7. The van der Waals surface area contributed by atoms with Gasteiger partial charge in [0, 0.05) is 19.2 Å². The molecule has 0 aromatic heterocycles.